The lowest BCUT2D eigenvalue weighted by atomic mass is 9.93. The van der Waals surface area contributed by atoms with Crippen molar-refractivity contribution in [2.45, 2.75) is 44.7 Å². The van der Waals surface area contributed by atoms with E-state index in [9.17, 15) is 14.4 Å². The van der Waals surface area contributed by atoms with Gasteiger partial charge in [-0.15, -0.1) is 0 Å². The van der Waals surface area contributed by atoms with E-state index in [1.165, 1.54) is 11.3 Å². The summed E-state index contributed by atoms with van der Waals surface area (Å²) in [5, 5.41) is 8.61. The van der Waals surface area contributed by atoms with Crippen LogP contribution < -0.4 is 10.1 Å². The van der Waals surface area contributed by atoms with E-state index >= 15 is 0 Å². The van der Waals surface area contributed by atoms with Gasteiger partial charge in [-0.2, -0.15) is 5.10 Å². The Labute approximate surface area is 186 Å². The number of methoxy groups -OCH3 is 1. The zero-order valence-corrected chi connectivity index (χ0v) is 18.3. The first-order valence-electron chi connectivity index (χ1n) is 10.6. The van der Waals surface area contributed by atoms with Gasteiger partial charge in [0.15, 0.2) is 0 Å². The Hall–Kier alpha value is -3.62. The van der Waals surface area contributed by atoms with Crippen molar-refractivity contribution in [3.05, 3.63) is 54.0 Å². The summed E-state index contributed by atoms with van der Waals surface area (Å²) in [5.74, 6) is 0.464. The molecule has 1 saturated heterocycles. The summed E-state index contributed by atoms with van der Waals surface area (Å²) in [4.78, 5) is 39.6. The summed E-state index contributed by atoms with van der Waals surface area (Å²) >= 11 is 0. The predicted molar refractivity (Wildman–Crippen MR) is 116 cm³/mol. The molecule has 3 heterocycles. The van der Waals surface area contributed by atoms with Gasteiger partial charge in [-0.3, -0.25) is 14.5 Å². The first kappa shape index (κ1) is 21.6. The Morgan fingerprint density at radius 2 is 1.94 bits per heavy atom. The molecule has 4 amide bonds. The van der Waals surface area contributed by atoms with Crippen molar-refractivity contribution in [1.82, 2.24) is 15.2 Å². The molecule has 0 aliphatic carbocycles. The predicted octanol–water partition coefficient (Wildman–Crippen LogP) is 3.08. The molecule has 0 bridgehead atoms. The number of carbonyl (C=O) groups excluding carboxylic acids is 3. The van der Waals surface area contributed by atoms with Crippen LogP contribution in [0.3, 0.4) is 0 Å². The number of hydrogen-bond donors (Lipinski definition) is 1. The van der Waals surface area contributed by atoms with Gasteiger partial charge in [0, 0.05) is 6.42 Å². The molecule has 2 aromatic rings. The first-order valence-corrected chi connectivity index (χ1v) is 10.6. The zero-order chi connectivity index (χ0) is 22.9. The lowest BCUT2D eigenvalue weighted by molar-refractivity contribution is -0.140. The van der Waals surface area contributed by atoms with Crippen LogP contribution in [-0.2, 0) is 9.59 Å². The lowest BCUT2D eigenvalue weighted by Gasteiger charge is -2.24. The number of hydrogen-bond acceptors (Lipinski definition) is 6. The number of hydrazone groups is 1. The van der Waals surface area contributed by atoms with Crippen LogP contribution in [0, 0.1) is 0 Å². The number of nitrogens with one attached hydrogen (secondary N) is 1. The van der Waals surface area contributed by atoms with E-state index < -0.39 is 23.5 Å². The maximum Gasteiger partial charge on any atom is 0.325 e. The molecule has 1 N–H and O–H groups in total. The van der Waals surface area contributed by atoms with Crippen molar-refractivity contribution < 1.29 is 23.5 Å². The minimum Gasteiger partial charge on any atom is -0.497 e. The van der Waals surface area contributed by atoms with Crippen molar-refractivity contribution in [2.75, 3.05) is 13.7 Å². The Kier molecular flexibility index (Phi) is 5.73. The summed E-state index contributed by atoms with van der Waals surface area (Å²) in [5.41, 5.74) is 0.597. The van der Waals surface area contributed by atoms with Crippen molar-refractivity contribution in [3.63, 3.8) is 0 Å². The number of urea groups is 1. The van der Waals surface area contributed by atoms with E-state index in [2.05, 4.69) is 10.4 Å². The number of furan rings is 1. The van der Waals surface area contributed by atoms with Gasteiger partial charge in [0.1, 0.15) is 29.6 Å². The van der Waals surface area contributed by atoms with Gasteiger partial charge in [-0.25, -0.2) is 9.80 Å². The molecule has 4 rings (SSSR count). The van der Waals surface area contributed by atoms with Crippen LogP contribution in [0.4, 0.5) is 4.79 Å². The lowest BCUT2D eigenvalue weighted by Crippen LogP contribution is -2.46. The number of rotatable bonds is 7. The second kappa shape index (κ2) is 8.49. The van der Waals surface area contributed by atoms with Crippen LogP contribution in [0.1, 0.15) is 50.5 Å². The van der Waals surface area contributed by atoms with Gasteiger partial charge in [-0.1, -0.05) is 13.8 Å². The van der Waals surface area contributed by atoms with Crippen molar-refractivity contribution in [2.24, 2.45) is 5.10 Å². The van der Waals surface area contributed by atoms with Crippen molar-refractivity contribution >= 4 is 23.6 Å². The van der Waals surface area contributed by atoms with Gasteiger partial charge in [0.25, 0.3) is 11.8 Å². The quantitative estimate of drug-likeness (QED) is 0.669. The molecule has 1 unspecified atom stereocenters. The summed E-state index contributed by atoms with van der Waals surface area (Å²) in [7, 11) is 1.59. The zero-order valence-electron chi connectivity index (χ0n) is 18.3. The molecule has 168 valence electrons. The second-order valence-corrected chi connectivity index (χ2v) is 7.86. The summed E-state index contributed by atoms with van der Waals surface area (Å²) < 4.78 is 10.8. The molecule has 0 spiro atoms. The van der Waals surface area contributed by atoms with Gasteiger partial charge >= 0.3 is 6.03 Å². The van der Waals surface area contributed by atoms with Crippen molar-refractivity contribution in [1.29, 1.82) is 0 Å². The molecular formula is C23H26N4O5. The van der Waals surface area contributed by atoms with Crippen LogP contribution in [0.25, 0.3) is 0 Å². The van der Waals surface area contributed by atoms with Crippen LogP contribution in [0.2, 0.25) is 0 Å². The average Bonchev–Trinajstić information content (AvgIpc) is 3.54. The third-order valence-corrected chi connectivity index (χ3v) is 6.21. The van der Waals surface area contributed by atoms with E-state index in [1.807, 2.05) is 38.1 Å². The summed E-state index contributed by atoms with van der Waals surface area (Å²) in [6, 6.07) is 9.91. The highest BCUT2D eigenvalue weighted by Crippen LogP contribution is 2.34. The average molecular weight is 438 g/mol. The van der Waals surface area contributed by atoms with Gasteiger partial charge < -0.3 is 14.5 Å². The highest BCUT2D eigenvalue weighted by Gasteiger charge is 2.50. The molecule has 2 aliphatic heterocycles. The van der Waals surface area contributed by atoms with E-state index in [4.69, 9.17) is 9.15 Å². The number of nitrogens with zero attached hydrogens (tertiary/aromatic N) is 3. The fourth-order valence-corrected chi connectivity index (χ4v) is 4.16. The summed E-state index contributed by atoms with van der Waals surface area (Å²) in [6.45, 7) is 3.29. The molecule has 9 heteroatoms. The molecule has 1 fully saturated rings. The summed E-state index contributed by atoms with van der Waals surface area (Å²) in [6.07, 6.45) is 2.89. The van der Waals surface area contributed by atoms with Crippen LogP contribution in [0.5, 0.6) is 5.75 Å². The SMILES string of the molecule is CCC1(CC)NC(=O)N(CC(=O)N2N=C(c3ccc(OC)cc3)CC2c2ccco2)C1=O. The van der Waals surface area contributed by atoms with Crippen LogP contribution in [-0.4, -0.2) is 52.7 Å². The topological polar surface area (TPSA) is 104 Å². The molecule has 1 atom stereocenters. The Balaban J connectivity index is 1.59. The Bertz CT molecular complexity index is 1040. The molecule has 0 saturated carbocycles. The van der Waals surface area contributed by atoms with Crippen LogP contribution >= 0.6 is 0 Å². The molecule has 0 radical (unpaired) electrons. The first-order chi connectivity index (χ1) is 15.4. The number of amides is 4. The molecule has 1 aromatic carbocycles. The number of imide groups is 1. The second-order valence-electron chi connectivity index (χ2n) is 7.86. The van der Waals surface area contributed by atoms with Gasteiger partial charge in [0.2, 0.25) is 0 Å². The standard InChI is InChI=1S/C23H26N4O5/c1-4-23(5-2)21(29)26(22(30)24-23)14-20(28)27-18(19-7-6-12-32-19)13-17(25-27)15-8-10-16(31-3)11-9-15/h6-12,18H,4-5,13-14H2,1-3H3,(H,24,30). The van der Waals surface area contributed by atoms with Crippen LogP contribution in [0.15, 0.2) is 52.2 Å². The van der Waals surface area contributed by atoms with Gasteiger partial charge in [-0.05, 0) is 54.8 Å². The largest absolute Gasteiger partial charge is 0.497 e. The molecule has 32 heavy (non-hydrogen) atoms. The van der Waals surface area contributed by atoms with E-state index in [-0.39, 0.29) is 12.5 Å². The number of benzene rings is 1. The van der Waals surface area contributed by atoms with Gasteiger partial charge in [0.05, 0.1) is 19.1 Å². The molecule has 9 nitrogen and oxygen atoms in total. The minimum absolute atomic E-state index is 0.381. The highest BCUT2D eigenvalue weighted by molar-refractivity contribution is 6.09. The third kappa shape index (κ3) is 3.63. The maximum absolute atomic E-state index is 13.2. The Morgan fingerprint density at radius 3 is 2.50 bits per heavy atom. The third-order valence-electron chi connectivity index (χ3n) is 6.21. The van der Waals surface area contributed by atoms with Crippen molar-refractivity contribution in [3.8, 4) is 5.75 Å². The number of ether oxygens (including phenoxy) is 1. The molecule has 2 aliphatic rings. The molecule has 1 aromatic heterocycles. The van der Waals surface area contributed by atoms with E-state index in [0.29, 0.717) is 30.7 Å². The highest BCUT2D eigenvalue weighted by atomic mass is 16.5. The van der Waals surface area contributed by atoms with E-state index in [0.717, 1.165) is 16.2 Å². The Morgan fingerprint density at radius 1 is 1.22 bits per heavy atom. The normalized spacial score (nSPS) is 19.8. The fraction of sp³-hybridized carbons (Fsp3) is 0.391. The monoisotopic (exact) mass is 438 g/mol. The van der Waals surface area contributed by atoms with E-state index in [1.54, 1.807) is 19.2 Å². The smallest absolute Gasteiger partial charge is 0.325 e. The molecular weight excluding hydrogens is 412 g/mol. The fourth-order valence-electron chi connectivity index (χ4n) is 4.16. The minimum atomic E-state index is -0.958. The maximum atomic E-state index is 13.2. The number of carbonyl (C=O) groups is 3.